The van der Waals surface area contributed by atoms with E-state index in [9.17, 15) is 9.90 Å². The maximum Gasteiger partial charge on any atom is 0.122 e. The van der Waals surface area contributed by atoms with Crippen molar-refractivity contribution in [1.82, 2.24) is 0 Å². The third kappa shape index (κ3) is 11.4. The van der Waals surface area contributed by atoms with Crippen LogP contribution in [-0.4, -0.2) is 17.5 Å². The predicted molar refractivity (Wildman–Crippen MR) is 68.4 cm³/mol. The maximum atomic E-state index is 10.1. The summed E-state index contributed by atoms with van der Waals surface area (Å²) in [6, 6.07) is 0. The molecule has 1 N–H and O–H groups in total. The van der Waals surface area contributed by atoms with Crippen molar-refractivity contribution in [1.29, 1.82) is 0 Å². The van der Waals surface area contributed by atoms with E-state index in [4.69, 9.17) is 0 Å². The number of carbonyl (C=O) groups excluding carboxylic acids is 1. The first-order chi connectivity index (χ1) is 7.81. The Labute approximate surface area is 99.7 Å². The number of aldehydes is 1. The molecule has 94 valence electrons. The number of carbonyl (C=O) groups is 1. The van der Waals surface area contributed by atoms with Gasteiger partial charge >= 0.3 is 0 Å². The van der Waals surface area contributed by atoms with Gasteiger partial charge in [-0.15, -0.1) is 0 Å². The summed E-state index contributed by atoms with van der Waals surface area (Å²) in [5.74, 6) is 0. The number of hydrogen-bond donors (Lipinski definition) is 1. The Morgan fingerprint density at radius 2 is 1.75 bits per heavy atom. The molecular weight excluding hydrogens is 200 g/mol. The van der Waals surface area contributed by atoms with Crippen LogP contribution in [-0.2, 0) is 4.79 Å². The molecule has 0 aromatic rings. The Hall–Kier alpha value is -0.630. The van der Waals surface area contributed by atoms with E-state index >= 15 is 0 Å². The fourth-order valence-corrected chi connectivity index (χ4v) is 1.62. The standard InChI is InChI=1S/C14H26O2/c1-2-3-4-5-6-7-8-9-10-11-14(16)12-13-15/h7-8,13-14,16H,2-6,9-12H2,1H3/b8-7+. The molecule has 0 fully saturated rings. The summed E-state index contributed by atoms with van der Waals surface area (Å²) in [6.07, 6.45) is 14.2. The Kier molecular flexibility index (Phi) is 11.9. The highest BCUT2D eigenvalue weighted by molar-refractivity contribution is 5.49. The quantitative estimate of drug-likeness (QED) is 0.332. The maximum absolute atomic E-state index is 10.1. The summed E-state index contributed by atoms with van der Waals surface area (Å²) in [5.41, 5.74) is 0. The molecule has 0 aliphatic heterocycles. The summed E-state index contributed by atoms with van der Waals surface area (Å²) >= 11 is 0. The smallest absolute Gasteiger partial charge is 0.122 e. The third-order valence-corrected chi connectivity index (χ3v) is 2.67. The molecule has 0 aromatic heterocycles. The molecule has 0 aliphatic rings. The molecule has 0 bridgehead atoms. The van der Waals surface area contributed by atoms with Gasteiger partial charge in [0.2, 0.25) is 0 Å². The number of aliphatic hydroxyl groups excluding tert-OH is 1. The van der Waals surface area contributed by atoms with Crippen LogP contribution in [0.4, 0.5) is 0 Å². The molecule has 0 radical (unpaired) electrons. The zero-order valence-electron chi connectivity index (χ0n) is 10.5. The number of unbranched alkanes of at least 4 members (excludes halogenated alkanes) is 5. The van der Waals surface area contributed by atoms with Crippen LogP contribution in [0.1, 0.15) is 64.7 Å². The van der Waals surface area contributed by atoms with E-state index < -0.39 is 6.10 Å². The van der Waals surface area contributed by atoms with Gasteiger partial charge in [-0.05, 0) is 32.1 Å². The van der Waals surface area contributed by atoms with Gasteiger partial charge in [0.25, 0.3) is 0 Å². The number of allylic oxidation sites excluding steroid dienone is 2. The van der Waals surface area contributed by atoms with Crippen molar-refractivity contribution < 1.29 is 9.90 Å². The van der Waals surface area contributed by atoms with Gasteiger partial charge in [0.15, 0.2) is 0 Å². The molecule has 0 aromatic carbocycles. The fourth-order valence-electron chi connectivity index (χ4n) is 1.62. The van der Waals surface area contributed by atoms with Crippen molar-refractivity contribution in [2.75, 3.05) is 0 Å². The lowest BCUT2D eigenvalue weighted by Gasteiger charge is -2.03. The van der Waals surface area contributed by atoms with Crippen LogP contribution in [0.3, 0.4) is 0 Å². The van der Waals surface area contributed by atoms with Gasteiger partial charge < -0.3 is 9.90 Å². The second kappa shape index (κ2) is 12.4. The first-order valence-electron chi connectivity index (χ1n) is 6.58. The minimum absolute atomic E-state index is 0.279. The molecule has 0 heterocycles. The van der Waals surface area contributed by atoms with E-state index in [0.717, 1.165) is 25.5 Å². The Bertz CT molecular complexity index is 176. The van der Waals surface area contributed by atoms with Crippen molar-refractivity contribution in [3.63, 3.8) is 0 Å². The van der Waals surface area contributed by atoms with E-state index in [1.54, 1.807) is 0 Å². The summed E-state index contributed by atoms with van der Waals surface area (Å²) < 4.78 is 0. The van der Waals surface area contributed by atoms with E-state index in [1.165, 1.54) is 32.1 Å². The molecule has 0 aliphatic carbocycles. The van der Waals surface area contributed by atoms with Gasteiger partial charge in [0.05, 0.1) is 6.10 Å². The second-order valence-electron chi connectivity index (χ2n) is 4.31. The Morgan fingerprint density at radius 3 is 2.38 bits per heavy atom. The van der Waals surface area contributed by atoms with Crippen molar-refractivity contribution in [3.8, 4) is 0 Å². The summed E-state index contributed by atoms with van der Waals surface area (Å²) in [7, 11) is 0. The molecule has 0 rings (SSSR count). The molecule has 0 spiro atoms. The largest absolute Gasteiger partial charge is 0.393 e. The molecule has 16 heavy (non-hydrogen) atoms. The summed E-state index contributed by atoms with van der Waals surface area (Å²) in [6.45, 7) is 2.22. The minimum Gasteiger partial charge on any atom is -0.393 e. The second-order valence-corrected chi connectivity index (χ2v) is 4.31. The first kappa shape index (κ1) is 15.4. The van der Waals surface area contributed by atoms with Gasteiger partial charge in [0.1, 0.15) is 6.29 Å². The van der Waals surface area contributed by atoms with Gasteiger partial charge in [0, 0.05) is 6.42 Å². The van der Waals surface area contributed by atoms with Crippen molar-refractivity contribution in [3.05, 3.63) is 12.2 Å². The average Bonchev–Trinajstić information content (AvgIpc) is 2.27. The summed E-state index contributed by atoms with van der Waals surface area (Å²) in [5, 5.41) is 9.29. The lowest BCUT2D eigenvalue weighted by atomic mass is 10.1. The summed E-state index contributed by atoms with van der Waals surface area (Å²) in [4.78, 5) is 10.1. The van der Waals surface area contributed by atoms with Crippen molar-refractivity contribution in [2.24, 2.45) is 0 Å². The lowest BCUT2D eigenvalue weighted by molar-refractivity contribution is -0.109. The van der Waals surface area contributed by atoms with E-state index in [1.807, 2.05) is 0 Å². The molecule has 1 unspecified atom stereocenters. The SMILES string of the molecule is CCCCCC/C=C/CCCC(O)CC=O. The zero-order valence-corrected chi connectivity index (χ0v) is 10.5. The van der Waals surface area contributed by atoms with Crippen LogP contribution in [0.15, 0.2) is 12.2 Å². The minimum atomic E-state index is -0.435. The van der Waals surface area contributed by atoms with Crippen LogP contribution in [0.5, 0.6) is 0 Å². The van der Waals surface area contributed by atoms with E-state index in [-0.39, 0.29) is 6.42 Å². The fraction of sp³-hybridized carbons (Fsp3) is 0.786. The average molecular weight is 226 g/mol. The Morgan fingerprint density at radius 1 is 1.06 bits per heavy atom. The van der Waals surface area contributed by atoms with Gasteiger partial charge in [-0.2, -0.15) is 0 Å². The number of aliphatic hydroxyl groups is 1. The van der Waals surface area contributed by atoms with E-state index in [2.05, 4.69) is 19.1 Å². The van der Waals surface area contributed by atoms with Crippen LogP contribution in [0.25, 0.3) is 0 Å². The normalized spacial score (nSPS) is 13.1. The predicted octanol–water partition coefficient (Wildman–Crippen LogP) is 3.63. The topological polar surface area (TPSA) is 37.3 Å². The molecule has 2 heteroatoms. The first-order valence-corrected chi connectivity index (χ1v) is 6.58. The third-order valence-electron chi connectivity index (χ3n) is 2.67. The molecular formula is C14H26O2. The van der Waals surface area contributed by atoms with E-state index in [0.29, 0.717) is 0 Å². The molecule has 0 saturated carbocycles. The molecule has 2 nitrogen and oxygen atoms in total. The van der Waals surface area contributed by atoms with Crippen LogP contribution >= 0.6 is 0 Å². The molecule has 0 amide bonds. The molecule has 0 saturated heterocycles. The van der Waals surface area contributed by atoms with Gasteiger partial charge in [-0.1, -0.05) is 38.3 Å². The number of rotatable bonds is 11. The number of hydrogen-bond acceptors (Lipinski definition) is 2. The Balaban J connectivity index is 3.18. The van der Waals surface area contributed by atoms with Crippen LogP contribution < -0.4 is 0 Å². The van der Waals surface area contributed by atoms with Crippen LogP contribution in [0.2, 0.25) is 0 Å². The lowest BCUT2D eigenvalue weighted by Crippen LogP contribution is -2.05. The van der Waals surface area contributed by atoms with Crippen molar-refractivity contribution >= 4 is 6.29 Å². The molecule has 1 atom stereocenters. The van der Waals surface area contributed by atoms with Gasteiger partial charge in [-0.3, -0.25) is 0 Å². The zero-order chi connectivity index (χ0) is 12.1. The van der Waals surface area contributed by atoms with Crippen molar-refractivity contribution in [2.45, 2.75) is 70.8 Å². The highest BCUT2D eigenvalue weighted by Gasteiger charge is 2.00. The monoisotopic (exact) mass is 226 g/mol. The highest BCUT2D eigenvalue weighted by Crippen LogP contribution is 2.06. The highest BCUT2D eigenvalue weighted by atomic mass is 16.3. The van der Waals surface area contributed by atoms with Crippen LogP contribution in [0, 0.1) is 0 Å². The van der Waals surface area contributed by atoms with Gasteiger partial charge in [-0.25, -0.2) is 0 Å².